The number of nitrogens with one attached hydrogen (secondary N) is 1. The van der Waals surface area contributed by atoms with Gasteiger partial charge in [0.2, 0.25) is 7.37 Å². The number of non-ortho nitro benzene ring substituents is 1. The van der Waals surface area contributed by atoms with Gasteiger partial charge in [0.1, 0.15) is 0 Å². The van der Waals surface area contributed by atoms with Crippen LogP contribution < -0.4 is 5.32 Å². The number of aliphatic hydroxyl groups is 1. The Bertz CT molecular complexity index is 704. The third-order valence-electron chi connectivity index (χ3n) is 5.07. The van der Waals surface area contributed by atoms with Crippen molar-refractivity contribution in [3.05, 3.63) is 51.8 Å². The maximum absolute atomic E-state index is 13.1. The third-order valence-corrected chi connectivity index (χ3v) is 7.45. The predicted molar refractivity (Wildman–Crippen MR) is 111 cm³/mol. The van der Waals surface area contributed by atoms with Gasteiger partial charge < -0.3 is 14.9 Å². The van der Waals surface area contributed by atoms with Gasteiger partial charge >= 0.3 is 0 Å². The van der Waals surface area contributed by atoms with Crippen LogP contribution in [0.15, 0.2) is 36.2 Å². The summed E-state index contributed by atoms with van der Waals surface area (Å²) in [7, 11) is -2.82. The third kappa shape index (κ3) is 7.13. The summed E-state index contributed by atoms with van der Waals surface area (Å²) in [5, 5.41) is 23.7. The Hall–Kier alpha value is -1.53. The van der Waals surface area contributed by atoms with Gasteiger partial charge in [0.25, 0.3) is 5.69 Å². The average molecular weight is 410 g/mol. The summed E-state index contributed by atoms with van der Waals surface area (Å²) in [5.41, 5.74) is 0.627. The Balaban J connectivity index is 1.95. The molecule has 2 rings (SSSR count). The maximum atomic E-state index is 13.1. The summed E-state index contributed by atoms with van der Waals surface area (Å²) in [6, 6.07) is 5.77. The molecule has 0 saturated heterocycles. The monoisotopic (exact) mass is 410 g/mol. The molecule has 1 aromatic rings. The van der Waals surface area contributed by atoms with Crippen LogP contribution in [-0.2, 0) is 9.09 Å². The molecular formula is C20H31N2O5P. The molecule has 0 radical (unpaired) electrons. The second-order valence-electron chi connectivity index (χ2n) is 7.21. The van der Waals surface area contributed by atoms with Crippen LogP contribution in [0.1, 0.15) is 50.6 Å². The Kier molecular flexibility index (Phi) is 9.32. The highest BCUT2D eigenvalue weighted by Crippen LogP contribution is 2.51. The zero-order valence-corrected chi connectivity index (χ0v) is 17.4. The highest BCUT2D eigenvalue weighted by molar-refractivity contribution is 7.62. The van der Waals surface area contributed by atoms with E-state index < -0.39 is 18.3 Å². The Morgan fingerprint density at radius 1 is 1.39 bits per heavy atom. The molecule has 0 bridgehead atoms. The van der Waals surface area contributed by atoms with E-state index in [2.05, 4.69) is 5.32 Å². The molecule has 0 spiro atoms. The van der Waals surface area contributed by atoms with E-state index in [1.807, 2.05) is 6.92 Å². The highest BCUT2D eigenvalue weighted by atomic mass is 31.2. The van der Waals surface area contributed by atoms with Gasteiger partial charge in [0, 0.05) is 24.8 Å². The standard InChI is InChI=1S/C20H31N2O5P/c1-2-27-28(26,16-17-8-4-3-5-9-17)13-7-12-21-20(15-23)18-10-6-11-19(14-18)22(24)25/h6-7,10-11,13-14,17,20-21,23H,2-5,8-9,12,15-16H2,1H3/b13-7+. The van der Waals surface area contributed by atoms with E-state index in [-0.39, 0.29) is 12.3 Å². The van der Waals surface area contributed by atoms with E-state index >= 15 is 0 Å². The number of rotatable bonds is 11. The molecule has 0 aliphatic heterocycles. The van der Waals surface area contributed by atoms with Crippen LogP contribution in [0.2, 0.25) is 0 Å². The lowest BCUT2D eigenvalue weighted by molar-refractivity contribution is -0.384. The van der Waals surface area contributed by atoms with Crippen LogP contribution in [0.4, 0.5) is 5.69 Å². The van der Waals surface area contributed by atoms with Gasteiger partial charge in [0.15, 0.2) is 0 Å². The van der Waals surface area contributed by atoms with Gasteiger partial charge in [-0.2, -0.15) is 0 Å². The second-order valence-corrected chi connectivity index (χ2v) is 9.58. The molecule has 2 atom stereocenters. The zero-order valence-electron chi connectivity index (χ0n) is 16.5. The summed E-state index contributed by atoms with van der Waals surface area (Å²) in [6.45, 7) is 2.45. The molecule has 7 nitrogen and oxygen atoms in total. The van der Waals surface area contributed by atoms with E-state index in [1.54, 1.807) is 24.0 Å². The van der Waals surface area contributed by atoms with Crippen LogP contribution in [-0.4, -0.2) is 36.0 Å². The number of nitrogens with zero attached hydrogens (tertiary/aromatic N) is 1. The van der Waals surface area contributed by atoms with Gasteiger partial charge in [-0.05, 0) is 37.1 Å². The highest BCUT2D eigenvalue weighted by Gasteiger charge is 2.26. The second kappa shape index (κ2) is 11.5. The maximum Gasteiger partial charge on any atom is 0.269 e. The van der Waals surface area contributed by atoms with Crippen molar-refractivity contribution >= 4 is 13.1 Å². The van der Waals surface area contributed by atoms with Crippen molar-refractivity contribution in [1.82, 2.24) is 5.32 Å². The molecule has 1 aliphatic carbocycles. The van der Waals surface area contributed by atoms with Crippen molar-refractivity contribution in [1.29, 1.82) is 0 Å². The molecular weight excluding hydrogens is 379 g/mol. The summed E-state index contributed by atoms with van der Waals surface area (Å²) in [5.74, 6) is 2.14. The molecule has 1 fully saturated rings. The van der Waals surface area contributed by atoms with Gasteiger partial charge in [-0.1, -0.05) is 37.5 Å². The predicted octanol–water partition coefficient (Wildman–Crippen LogP) is 4.63. The Labute approximate surface area is 166 Å². The van der Waals surface area contributed by atoms with Crippen LogP contribution >= 0.6 is 7.37 Å². The first-order valence-electron chi connectivity index (χ1n) is 9.97. The molecule has 8 heteroatoms. The van der Waals surface area contributed by atoms with Crippen molar-refractivity contribution in [2.24, 2.45) is 5.92 Å². The first-order valence-corrected chi connectivity index (χ1v) is 11.8. The lowest BCUT2D eigenvalue weighted by atomic mass is 9.91. The summed E-state index contributed by atoms with van der Waals surface area (Å²) >= 11 is 0. The Morgan fingerprint density at radius 3 is 2.79 bits per heavy atom. The largest absolute Gasteiger partial charge is 0.394 e. The van der Waals surface area contributed by atoms with Crippen molar-refractivity contribution < 1.29 is 19.1 Å². The van der Waals surface area contributed by atoms with Crippen molar-refractivity contribution in [2.45, 2.75) is 45.1 Å². The van der Waals surface area contributed by atoms with E-state index in [0.717, 1.165) is 12.8 Å². The number of hydrogen-bond donors (Lipinski definition) is 2. The molecule has 1 saturated carbocycles. The lowest BCUT2D eigenvalue weighted by Gasteiger charge is -2.25. The SMILES string of the molecule is CCOP(=O)(/C=C/CNC(CO)c1cccc([N+](=O)[O-])c1)CC1CCCCC1. The minimum Gasteiger partial charge on any atom is -0.394 e. The summed E-state index contributed by atoms with van der Waals surface area (Å²) < 4.78 is 18.7. The minimum atomic E-state index is -2.82. The number of nitro benzene ring substituents is 1. The number of nitro groups is 1. The topological polar surface area (TPSA) is 102 Å². The van der Waals surface area contributed by atoms with Crippen LogP contribution in [0.25, 0.3) is 0 Å². The first-order chi connectivity index (χ1) is 13.5. The molecule has 28 heavy (non-hydrogen) atoms. The smallest absolute Gasteiger partial charge is 0.269 e. The van der Waals surface area contributed by atoms with Gasteiger partial charge in [0.05, 0.1) is 24.2 Å². The van der Waals surface area contributed by atoms with E-state index in [9.17, 15) is 19.8 Å². The molecule has 2 unspecified atom stereocenters. The van der Waals surface area contributed by atoms with E-state index in [0.29, 0.717) is 30.8 Å². The van der Waals surface area contributed by atoms with Crippen molar-refractivity contribution in [2.75, 3.05) is 25.9 Å². The van der Waals surface area contributed by atoms with E-state index in [4.69, 9.17) is 4.52 Å². The van der Waals surface area contributed by atoms with Gasteiger partial charge in [-0.15, -0.1) is 0 Å². The minimum absolute atomic E-state index is 0.0124. The summed E-state index contributed by atoms with van der Waals surface area (Å²) in [6.07, 6.45) is 8.25. The van der Waals surface area contributed by atoms with Crippen LogP contribution in [0.3, 0.4) is 0 Å². The first kappa shape index (κ1) is 22.8. The molecule has 1 aromatic carbocycles. The molecule has 2 N–H and O–H groups in total. The number of hydrogen-bond acceptors (Lipinski definition) is 6. The average Bonchev–Trinajstić information content (AvgIpc) is 2.69. The Morgan fingerprint density at radius 2 is 2.14 bits per heavy atom. The zero-order chi connectivity index (χ0) is 20.4. The van der Waals surface area contributed by atoms with Gasteiger partial charge in [-0.25, -0.2) is 0 Å². The number of benzene rings is 1. The quantitative estimate of drug-likeness (QED) is 0.313. The molecule has 1 aliphatic rings. The number of aliphatic hydroxyl groups excluding tert-OH is 1. The molecule has 0 amide bonds. The molecule has 0 heterocycles. The fourth-order valence-corrected chi connectivity index (χ4v) is 5.93. The van der Waals surface area contributed by atoms with Crippen LogP contribution in [0.5, 0.6) is 0 Å². The summed E-state index contributed by atoms with van der Waals surface area (Å²) in [4.78, 5) is 10.5. The van der Waals surface area contributed by atoms with E-state index in [1.165, 1.54) is 31.4 Å². The lowest BCUT2D eigenvalue weighted by Crippen LogP contribution is -2.24. The molecule has 156 valence electrons. The van der Waals surface area contributed by atoms with Gasteiger partial charge in [-0.3, -0.25) is 14.7 Å². The molecule has 0 aromatic heterocycles. The fraction of sp³-hybridized carbons (Fsp3) is 0.600. The normalized spacial score (nSPS) is 18.8. The van der Waals surface area contributed by atoms with Crippen molar-refractivity contribution in [3.63, 3.8) is 0 Å². The van der Waals surface area contributed by atoms with Crippen molar-refractivity contribution in [3.8, 4) is 0 Å². The van der Waals surface area contributed by atoms with Crippen LogP contribution in [0, 0.1) is 16.0 Å². The fourth-order valence-electron chi connectivity index (χ4n) is 3.67.